The van der Waals surface area contributed by atoms with E-state index in [1.54, 1.807) is 4.90 Å². The van der Waals surface area contributed by atoms with Crippen molar-refractivity contribution in [1.82, 2.24) is 4.57 Å². The van der Waals surface area contributed by atoms with Gasteiger partial charge in [0.1, 0.15) is 0 Å². The van der Waals surface area contributed by atoms with Crippen molar-refractivity contribution in [2.45, 2.75) is 0 Å². The number of anilines is 3. The molecule has 236 valence electrons. The third-order valence-electron chi connectivity index (χ3n) is 9.24. The topological polar surface area (TPSA) is 8.17 Å². The lowest BCUT2D eigenvalue weighted by atomic mass is 9.97. The highest BCUT2D eigenvalue weighted by atomic mass is 15.1. The average molecular weight is 644 g/mol. The van der Waals surface area contributed by atoms with Crippen molar-refractivity contribution in [2.24, 2.45) is 0 Å². The Morgan fingerprint density at radius 2 is 0.980 bits per heavy atom. The fourth-order valence-corrected chi connectivity index (χ4v) is 6.98. The van der Waals surface area contributed by atoms with Crippen LogP contribution in [0, 0.1) is 0 Å². The number of benzene rings is 8. The molecule has 0 aliphatic heterocycles. The quantitative estimate of drug-likeness (QED) is 0.168. The Kier molecular flexibility index (Phi) is 6.25. The van der Waals surface area contributed by atoms with Crippen molar-refractivity contribution < 1.29 is 6.85 Å². The van der Waals surface area contributed by atoms with Crippen molar-refractivity contribution in [3.8, 4) is 39.1 Å². The summed E-state index contributed by atoms with van der Waals surface area (Å²) in [6.07, 6.45) is 0. The molecular formula is C48H34N2. The lowest BCUT2D eigenvalue weighted by Crippen LogP contribution is -2.10. The van der Waals surface area contributed by atoms with Crippen LogP contribution in [-0.2, 0) is 0 Å². The third kappa shape index (κ3) is 5.34. The molecule has 0 unspecified atom stereocenters. The van der Waals surface area contributed by atoms with Crippen LogP contribution in [-0.4, -0.2) is 4.57 Å². The zero-order valence-corrected chi connectivity index (χ0v) is 27.1. The summed E-state index contributed by atoms with van der Waals surface area (Å²) in [6, 6.07) is 58.2. The molecule has 50 heavy (non-hydrogen) atoms. The summed E-state index contributed by atoms with van der Waals surface area (Å²) in [5.41, 5.74) is 10.8. The SMILES string of the molecule is [2H]c1c([2H])c([2H])c(N(c2ccccc2)c2ccccc2-c2ccc3c4ccccc4n(-c4cc(-c5ccccc5)cc(-c5ccccc5)c4)c3c2)c([2H])c1[2H]. The number of rotatable bonds is 7. The summed E-state index contributed by atoms with van der Waals surface area (Å²) >= 11 is 0. The fourth-order valence-electron chi connectivity index (χ4n) is 6.98. The van der Waals surface area contributed by atoms with Gasteiger partial charge in [0.2, 0.25) is 0 Å². The minimum Gasteiger partial charge on any atom is -0.310 e. The predicted molar refractivity (Wildman–Crippen MR) is 212 cm³/mol. The minimum absolute atomic E-state index is 0.0889. The minimum atomic E-state index is -0.426. The number of hydrogen-bond acceptors (Lipinski definition) is 1. The molecule has 2 nitrogen and oxygen atoms in total. The van der Waals surface area contributed by atoms with E-state index >= 15 is 0 Å². The molecule has 1 aromatic heterocycles. The van der Waals surface area contributed by atoms with Gasteiger partial charge in [-0.2, -0.15) is 0 Å². The average Bonchev–Trinajstić information content (AvgIpc) is 3.58. The summed E-state index contributed by atoms with van der Waals surface area (Å²) in [6.45, 7) is 0. The maximum atomic E-state index is 8.97. The molecule has 0 aliphatic rings. The van der Waals surface area contributed by atoms with Crippen LogP contribution < -0.4 is 4.90 Å². The second kappa shape index (κ2) is 12.8. The molecule has 0 N–H and O–H groups in total. The maximum Gasteiger partial charge on any atom is 0.0645 e. The Labute approximate surface area is 299 Å². The summed E-state index contributed by atoms with van der Waals surface area (Å²) < 4.78 is 45.6. The van der Waals surface area contributed by atoms with E-state index in [0.717, 1.165) is 60.9 Å². The highest BCUT2D eigenvalue weighted by Crippen LogP contribution is 2.43. The summed E-state index contributed by atoms with van der Waals surface area (Å²) in [7, 11) is 0. The lowest BCUT2D eigenvalue weighted by molar-refractivity contribution is 1.18. The molecule has 0 saturated heterocycles. The van der Waals surface area contributed by atoms with E-state index in [0.29, 0.717) is 11.4 Å². The van der Waals surface area contributed by atoms with Crippen LogP contribution >= 0.6 is 0 Å². The molecular weight excluding hydrogens is 605 g/mol. The summed E-state index contributed by atoms with van der Waals surface area (Å²) in [5, 5.41) is 2.24. The van der Waals surface area contributed by atoms with Gasteiger partial charge < -0.3 is 9.47 Å². The van der Waals surface area contributed by atoms with Crippen molar-refractivity contribution in [3.63, 3.8) is 0 Å². The highest BCUT2D eigenvalue weighted by Gasteiger charge is 2.19. The molecule has 1 heterocycles. The van der Waals surface area contributed by atoms with Crippen LogP contribution in [0.3, 0.4) is 0 Å². The van der Waals surface area contributed by atoms with Gasteiger partial charge in [0, 0.05) is 33.4 Å². The van der Waals surface area contributed by atoms with Gasteiger partial charge in [-0.25, -0.2) is 0 Å². The van der Waals surface area contributed by atoms with Crippen LogP contribution in [0.2, 0.25) is 0 Å². The number of aromatic nitrogens is 1. The second-order valence-electron chi connectivity index (χ2n) is 12.2. The molecule has 0 amide bonds. The molecule has 0 fully saturated rings. The molecule has 0 spiro atoms. The number of hydrogen-bond donors (Lipinski definition) is 0. The van der Waals surface area contributed by atoms with Gasteiger partial charge >= 0.3 is 0 Å². The van der Waals surface area contributed by atoms with Gasteiger partial charge in [-0.15, -0.1) is 0 Å². The first-order chi connectivity index (χ1) is 26.9. The standard InChI is InChI=1S/C48H34N2/c1-5-17-35(18-6-1)38-31-39(36-19-7-2-8-20-36)33-42(32-38)50-47-28-16-14-26-44(47)45-30-29-37(34-48(45)50)43-25-13-15-27-46(43)49(40-21-9-3-10-22-40)41-23-11-4-12-24-41/h1-34H/i3D,9D,10D,21D,22D. The Hall–Kier alpha value is -6.64. The first-order valence-electron chi connectivity index (χ1n) is 19.2. The first-order valence-corrected chi connectivity index (χ1v) is 16.7. The molecule has 0 atom stereocenters. The normalized spacial score (nSPS) is 12.6. The van der Waals surface area contributed by atoms with E-state index in [1.807, 2.05) is 66.7 Å². The van der Waals surface area contributed by atoms with E-state index in [2.05, 4.69) is 114 Å². The van der Waals surface area contributed by atoms with Crippen molar-refractivity contribution >= 4 is 38.9 Å². The van der Waals surface area contributed by atoms with Crippen LogP contribution in [0.25, 0.3) is 60.9 Å². The van der Waals surface area contributed by atoms with Crippen LogP contribution in [0.15, 0.2) is 206 Å². The molecule has 0 aliphatic carbocycles. The molecule has 0 radical (unpaired) electrons. The zero-order chi connectivity index (χ0) is 37.6. The van der Waals surface area contributed by atoms with Crippen molar-refractivity contribution in [2.75, 3.05) is 4.90 Å². The zero-order valence-electron chi connectivity index (χ0n) is 32.1. The Bertz CT molecular complexity index is 2780. The second-order valence-corrected chi connectivity index (χ2v) is 12.2. The Morgan fingerprint density at radius 3 is 1.68 bits per heavy atom. The summed E-state index contributed by atoms with van der Waals surface area (Å²) in [4.78, 5) is 1.78. The molecule has 8 aromatic carbocycles. The smallest absolute Gasteiger partial charge is 0.0645 e. The van der Waals surface area contributed by atoms with Gasteiger partial charge in [0.25, 0.3) is 0 Å². The molecule has 2 heteroatoms. The van der Waals surface area contributed by atoms with E-state index in [9.17, 15) is 0 Å². The first kappa shape index (κ1) is 24.5. The van der Waals surface area contributed by atoms with E-state index in [-0.39, 0.29) is 29.9 Å². The van der Waals surface area contributed by atoms with Crippen molar-refractivity contribution in [1.29, 1.82) is 0 Å². The molecule has 0 bridgehead atoms. The van der Waals surface area contributed by atoms with E-state index in [4.69, 9.17) is 6.85 Å². The van der Waals surface area contributed by atoms with Crippen LogP contribution in [0.1, 0.15) is 6.85 Å². The number of fused-ring (bicyclic) bond motifs is 3. The van der Waals surface area contributed by atoms with Crippen molar-refractivity contribution in [3.05, 3.63) is 206 Å². The van der Waals surface area contributed by atoms with Gasteiger partial charge in [-0.1, -0.05) is 146 Å². The predicted octanol–water partition coefficient (Wildman–Crippen LogP) is 13.3. The molecule has 0 saturated carbocycles. The maximum absolute atomic E-state index is 8.97. The van der Waals surface area contributed by atoms with E-state index < -0.39 is 6.04 Å². The van der Waals surface area contributed by atoms with Crippen LogP contribution in [0.4, 0.5) is 17.1 Å². The lowest BCUT2D eigenvalue weighted by Gasteiger charge is -2.27. The highest BCUT2D eigenvalue weighted by molar-refractivity contribution is 6.10. The molecule has 9 rings (SSSR count). The third-order valence-corrected chi connectivity index (χ3v) is 9.24. The fraction of sp³-hybridized carbons (Fsp3) is 0. The van der Waals surface area contributed by atoms with Gasteiger partial charge in [-0.3, -0.25) is 0 Å². The monoisotopic (exact) mass is 643 g/mol. The Balaban J connectivity index is 1.30. The molecule has 9 aromatic rings. The van der Waals surface area contributed by atoms with Gasteiger partial charge in [0.15, 0.2) is 0 Å². The van der Waals surface area contributed by atoms with Gasteiger partial charge in [0.05, 0.1) is 23.6 Å². The summed E-state index contributed by atoms with van der Waals surface area (Å²) in [5.74, 6) is 0. The Morgan fingerprint density at radius 1 is 0.400 bits per heavy atom. The van der Waals surface area contributed by atoms with Gasteiger partial charge in [-0.05, 0) is 88.4 Å². The largest absolute Gasteiger partial charge is 0.310 e. The number of para-hydroxylation sites is 4. The van der Waals surface area contributed by atoms with Crippen LogP contribution in [0.5, 0.6) is 0 Å². The van der Waals surface area contributed by atoms with E-state index in [1.165, 1.54) is 0 Å². The number of nitrogens with zero attached hydrogens (tertiary/aromatic N) is 2.